The number of carbonyl (C=O) groups is 2. The smallest absolute Gasteiger partial charge is 0.249 e. The lowest BCUT2D eigenvalue weighted by atomic mass is 10.0. The Balaban J connectivity index is 1.58. The number of benzene rings is 3. The number of aromatic nitrogens is 3. The summed E-state index contributed by atoms with van der Waals surface area (Å²) in [5.74, 6) is -1.07. The summed E-state index contributed by atoms with van der Waals surface area (Å²) in [4.78, 5) is 29.0. The number of anilines is 1. The lowest BCUT2D eigenvalue weighted by Crippen LogP contribution is -2.45. The number of hydrogen-bond donors (Lipinski definition) is 1. The van der Waals surface area contributed by atoms with E-state index in [2.05, 4.69) is 15.6 Å². The number of amides is 2. The standard InChI is InChI=1S/C28H24FN5O3/c1-19-9-2-6-14-24(19)34(26(35)18-33-25-15-7-5-13-23(25)31-32-33)27(21-11-3-4-12-22(21)29)28(36)30-17-20-10-8-16-37-20/h2-16,27H,17-18H2,1H3,(H,30,36)/t27-/m1/s1. The normalized spacial score (nSPS) is 11.8. The molecule has 0 aliphatic carbocycles. The van der Waals surface area contributed by atoms with Crippen molar-refractivity contribution in [2.24, 2.45) is 0 Å². The van der Waals surface area contributed by atoms with Gasteiger partial charge in [-0.25, -0.2) is 9.07 Å². The molecule has 9 heteroatoms. The van der Waals surface area contributed by atoms with Crippen LogP contribution in [0.2, 0.25) is 0 Å². The maximum Gasteiger partial charge on any atom is 0.249 e. The summed E-state index contributed by atoms with van der Waals surface area (Å²) in [6.45, 7) is 1.71. The van der Waals surface area contributed by atoms with Crippen LogP contribution < -0.4 is 10.2 Å². The maximum atomic E-state index is 15.2. The first-order valence-electron chi connectivity index (χ1n) is 11.7. The topological polar surface area (TPSA) is 93.3 Å². The molecule has 186 valence electrons. The third-order valence-electron chi connectivity index (χ3n) is 6.07. The Morgan fingerprint density at radius 1 is 1.00 bits per heavy atom. The van der Waals surface area contributed by atoms with Gasteiger partial charge in [0.15, 0.2) is 0 Å². The van der Waals surface area contributed by atoms with Crippen LogP contribution in [0.1, 0.15) is 22.9 Å². The van der Waals surface area contributed by atoms with Gasteiger partial charge in [0.2, 0.25) is 11.8 Å². The fraction of sp³-hybridized carbons (Fsp3) is 0.143. The van der Waals surface area contributed by atoms with E-state index >= 15 is 4.39 Å². The van der Waals surface area contributed by atoms with Crippen molar-refractivity contribution in [2.75, 3.05) is 4.90 Å². The first-order valence-corrected chi connectivity index (χ1v) is 11.7. The van der Waals surface area contributed by atoms with Crippen LogP contribution in [-0.4, -0.2) is 26.8 Å². The molecular weight excluding hydrogens is 473 g/mol. The molecule has 0 radical (unpaired) electrons. The minimum atomic E-state index is -1.29. The molecular formula is C28H24FN5O3. The van der Waals surface area contributed by atoms with Crippen molar-refractivity contribution in [1.29, 1.82) is 0 Å². The summed E-state index contributed by atoms with van der Waals surface area (Å²) < 4.78 is 22.0. The Hall–Kier alpha value is -4.79. The molecule has 0 spiro atoms. The van der Waals surface area contributed by atoms with Crippen LogP contribution in [0.4, 0.5) is 10.1 Å². The first-order chi connectivity index (χ1) is 18.0. The molecule has 2 heterocycles. The second-order valence-electron chi connectivity index (χ2n) is 8.51. The molecule has 2 amide bonds. The lowest BCUT2D eigenvalue weighted by molar-refractivity contribution is -0.127. The van der Waals surface area contributed by atoms with Gasteiger partial charge in [-0.15, -0.1) is 5.10 Å². The number of nitrogens with one attached hydrogen (secondary N) is 1. The average Bonchev–Trinajstić information content (AvgIpc) is 3.57. The zero-order valence-electron chi connectivity index (χ0n) is 20.0. The minimum absolute atomic E-state index is 0.0690. The molecule has 1 N–H and O–H groups in total. The average molecular weight is 498 g/mol. The zero-order valence-corrected chi connectivity index (χ0v) is 20.0. The minimum Gasteiger partial charge on any atom is -0.467 e. The molecule has 1 atom stereocenters. The third-order valence-corrected chi connectivity index (χ3v) is 6.07. The number of carbonyl (C=O) groups excluding carboxylic acids is 2. The number of para-hydroxylation sites is 2. The van der Waals surface area contributed by atoms with Crippen LogP contribution in [0.15, 0.2) is 95.6 Å². The van der Waals surface area contributed by atoms with E-state index in [0.717, 1.165) is 5.56 Å². The number of fused-ring (bicyclic) bond motifs is 1. The van der Waals surface area contributed by atoms with Gasteiger partial charge in [0.1, 0.15) is 29.7 Å². The van der Waals surface area contributed by atoms with Crippen molar-refractivity contribution in [3.05, 3.63) is 114 Å². The fourth-order valence-electron chi connectivity index (χ4n) is 4.27. The molecule has 0 saturated heterocycles. The summed E-state index contributed by atoms with van der Waals surface area (Å²) in [6, 6.07) is 22.5. The monoisotopic (exact) mass is 497 g/mol. The van der Waals surface area contributed by atoms with Crippen molar-refractivity contribution in [2.45, 2.75) is 26.1 Å². The molecule has 0 aliphatic heterocycles. The van der Waals surface area contributed by atoms with Crippen LogP contribution in [0, 0.1) is 12.7 Å². The van der Waals surface area contributed by atoms with Gasteiger partial charge < -0.3 is 9.73 Å². The van der Waals surface area contributed by atoms with Gasteiger partial charge in [-0.2, -0.15) is 0 Å². The van der Waals surface area contributed by atoms with Crippen LogP contribution >= 0.6 is 0 Å². The summed E-state index contributed by atoms with van der Waals surface area (Å²) in [6.07, 6.45) is 1.50. The highest BCUT2D eigenvalue weighted by Gasteiger charge is 2.35. The third kappa shape index (κ3) is 4.97. The van der Waals surface area contributed by atoms with Gasteiger partial charge in [0, 0.05) is 11.3 Å². The highest BCUT2D eigenvalue weighted by atomic mass is 19.1. The van der Waals surface area contributed by atoms with Crippen molar-refractivity contribution < 1.29 is 18.4 Å². The largest absolute Gasteiger partial charge is 0.467 e. The van der Waals surface area contributed by atoms with E-state index in [9.17, 15) is 9.59 Å². The zero-order chi connectivity index (χ0) is 25.8. The van der Waals surface area contributed by atoms with E-state index in [4.69, 9.17) is 4.42 Å². The second-order valence-corrected chi connectivity index (χ2v) is 8.51. The molecule has 0 aliphatic rings. The predicted molar refractivity (Wildman–Crippen MR) is 136 cm³/mol. The Bertz CT molecular complexity index is 1550. The number of aryl methyl sites for hydroxylation is 1. The van der Waals surface area contributed by atoms with Crippen molar-refractivity contribution in [3.63, 3.8) is 0 Å². The van der Waals surface area contributed by atoms with Crippen LogP contribution in [0.25, 0.3) is 11.0 Å². The molecule has 2 aromatic heterocycles. The Morgan fingerprint density at radius 3 is 2.54 bits per heavy atom. The number of hydrogen-bond acceptors (Lipinski definition) is 5. The quantitative estimate of drug-likeness (QED) is 0.339. The number of nitrogens with zero attached hydrogens (tertiary/aromatic N) is 4. The number of rotatable bonds is 8. The van der Waals surface area contributed by atoms with E-state index in [0.29, 0.717) is 22.5 Å². The molecule has 5 rings (SSSR count). The second kappa shape index (κ2) is 10.4. The Labute approximate surface area is 212 Å². The van der Waals surface area contributed by atoms with Crippen molar-refractivity contribution in [1.82, 2.24) is 20.3 Å². The molecule has 0 saturated carbocycles. The van der Waals surface area contributed by atoms with E-state index in [1.165, 1.54) is 34.0 Å². The van der Waals surface area contributed by atoms with E-state index in [1.807, 2.05) is 37.3 Å². The summed E-state index contributed by atoms with van der Waals surface area (Å²) in [5, 5.41) is 11.1. The number of halogens is 1. The van der Waals surface area contributed by atoms with E-state index < -0.39 is 23.7 Å². The predicted octanol–water partition coefficient (Wildman–Crippen LogP) is 4.56. The molecule has 37 heavy (non-hydrogen) atoms. The molecule has 5 aromatic rings. The van der Waals surface area contributed by atoms with Crippen molar-refractivity contribution in [3.8, 4) is 0 Å². The highest BCUT2D eigenvalue weighted by molar-refractivity contribution is 6.02. The Morgan fingerprint density at radius 2 is 1.76 bits per heavy atom. The Kier molecular flexibility index (Phi) is 6.76. The summed E-state index contributed by atoms with van der Waals surface area (Å²) >= 11 is 0. The van der Waals surface area contributed by atoms with Crippen LogP contribution in [0.3, 0.4) is 0 Å². The molecule has 0 bridgehead atoms. The molecule has 8 nitrogen and oxygen atoms in total. The number of furan rings is 1. The van der Waals surface area contributed by atoms with Crippen LogP contribution in [-0.2, 0) is 22.7 Å². The van der Waals surface area contributed by atoms with Crippen molar-refractivity contribution >= 4 is 28.5 Å². The van der Waals surface area contributed by atoms with Gasteiger partial charge in [0.05, 0.1) is 18.3 Å². The molecule has 0 fully saturated rings. The highest BCUT2D eigenvalue weighted by Crippen LogP contribution is 2.32. The van der Waals surface area contributed by atoms with E-state index in [-0.39, 0.29) is 18.7 Å². The van der Waals surface area contributed by atoms with Gasteiger partial charge >= 0.3 is 0 Å². The first kappa shape index (κ1) is 23.9. The SMILES string of the molecule is Cc1ccccc1N(C(=O)Cn1nnc2ccccc21)[C@@H](C(=O)NCc1ccco1)c1ccccc1F. The molecule has 0 unspecified atom stereocenters. The molecule has 3 aromatic carbocycles. The fourth-order valence-corrected chi connectivity index (χ4v) is 4.27. The summed E-state index contributed by atoms with van der Waals surface area (Å²) in [7, 11) is 0. The van der Waals surface area contributed by atoms with Gasteiger partial charge in [-0.3, -0.25) is 14.5 Å². The summed E-state index contributed by atoms with van der Waals surface area (Å²) in [5.41, 5.74) is 2.61. The van der Waals surface area contributed by atoms with Crippen LogP contribution in [0.5, 0.6) is 0 Å². The van der Waals surface area contributed by atoms with E-state index in [1.54, 1.807) is 36.4 Å². The van der Waals surface area contributed by atoms with Gasteiger partial charge in [-0.05, 0) is 48.9 Å². The lowest BCUT2D eigenvalue weighted by Gasteiger charge is -2.32. The van der Waals surface area contributed by atoms with Gasteiger partial charge in [0.25, 0.3) is 0 Å². The maximum absolute atomic E-state index is 15.2. The van der Waals surface area contributed by atoms with Gasteiger partial charge in [-0.1, -0.05) is 53.7 Å².